The van der Waals surface area contributed by atoms with E-state index in [-0.39, 0.29) is 0 Å². The molecule has 17 heavy (non-hydrogen) atoms. The highest BCUT2D eigenvalue weighted by Crippen LogP contribution is 2.08. The zero-order valence-electron chi connectivity index (χ0n) is 10.9. The van der Waals surface area contributed by atoms with Crippen LogP contribution in [0.3, 0.4) is 0 Å². The standard InChI is InChI=1S/C13H22O4/c1-4-5-6-7-8-9-10-11(12(14)16-2)13(15)17-3/h9-11H,4-8H2,1-3H3/b10-9-. The molecule has 0 aromatic heterocycles. The first-order valence-electron chi connectivity index (χ1n) is 5.99. The Bertz CT molecular complexity index is 242. The van der Waals surface area contributed by atoms with Crippen LogP contribution in [0.5, 0.6) is 0 Å². The van der Waals surface area contributed by atoms with Crippen molar-refractivity contribution in [3.05, 3.63) is 12.2 Å². The zero-order chi connectivity index (χ0) is 13.1. The molecule has 0 heterocycles. The SMILES string of the molecule is CCCCCC/C=C\C(C(=O)OC)C(=O)OC. The van der Waals surface area contributed by atoms with Crippen LogP contribution >= 0.6 is 0 Å². The first kappa shape index (κ1) is 15.7. The minimum atomic E-state index is -0.934. The lowest BCUT2D eigenvalue weighted by molar-refractivity contribution is -0.156. The second-order valence-electron chi connectivity index (χ2n) is 3.80. The lowest BCUT2D eigenvalue weighted by Gasteiger charge is -2.07. The summed E-state index contributed by atoms with van der Waals surface area (Å²) in [7, 11) is 2.51. The molecule has 0 bridgehead atoms. The van der Waals surface area contributed by atoms with Gasteiger partial charge in [-0.2, -0.15) is 0 Å². The summed E-state index contributed by atoms with van der Waals surface area (Å²) in [5.74, 6) is -2.10. The Hall–Kier alpha value is -1.32. The van der Waals surface area contributed by atoms with E-state index >= 15 is 0 Å². The Labute approximate surface area is 103 Å². The number of rotatable bonds is 8. The molecule has 0 aliphatic heterocycles. The number of hydrogen-bond donors (Lipinski definition) is 0. The van der Waals surface area contributed by atoms with Gasteiger partial charge in [0.05, 0.1) is 14.2 Å². The van der Waals surface area contributed by atoms with Crippen molar-refractivity contribution in [1.29, 1.82) is 0 Å². The number of carbonyl (C=O) groups is 2. The summed E-state index contributed by atoms with van der Waals surface area (Å²) >= 11 is 0. The highest BCUT2D eigenvalue weighted by atomic mass is 16.5. The van der Waals surface area contributed by atoms with Gasteiger partial charge in [-0.3, -0.25) is 9.59 Å². The van der Waals surface area contributed by atoms with Crippen LogP contribution < -0.4 is 0 Å². The summed E-state index contributed by atoms with van der Waals surface area (Å²) in [5.41, 5.74) is 0. The number of hydrogen-bond acceptors (Lipinski definition) is 4. The number of esters is 2. The van der Waals surface area contributed by atoms with E-state index in [1.54, 1.807) is 6.08 Å². The summed E-state index contributed by atoms with van der Waals surface area (Å²) in [5, 5.41) is 0. The molecule has 0 unspecified atom stereocenters. The Morgan fingerprint density at radius 2 is 1.65 bits per heavy atom. The van der Waals surface area contributed by atoms with Crippen molar-refractivity contribution in [3.63, 3.8) is 0 Å². The van der Waals surface area contributed by atoms with Crippen molar-refractivity contribution in [3.8, 4) is 0 Å². The van der Waals surface area contributed by atoms with Crippen molar-refractivity contribution < 1.29 is 19.1 Å². The second kappa shape index (κ2) is 9.87. The zero-order valence-corrected chi connectivity index (χ0v) is 10.9. The third-order valence-corrected chi connectivity index (χ3v) is 2.46. The van der Waals surface area contributed by atoms with E-state index < -0.39 is 17.9 Å². The van der Waals surface area contributed by atoms with Gasteiger partial charge in [0.2, 0.25) is 0 Å². The van der Waals surface area contributed by atoms with Crippen LogP contribution in [0.25, 0.3) is 0 Å². The van der Waals surface area contributed by atoms with Gasteiger partial charge in [0, 0.05) is 0 Å². The van der Waals surface area contributed by atoms with Crippen molar-refractivity contribution in [2.24, 2.45) is 5.92 Å². The van der Waals surface area contributed by atoms with Crippen LogP contribution in [0.15, 0.2) is 12.2 Å². The maximum absolute atomic E-state index is 11.3. The molecular weight excluding hydrogens is 220 g/mol. The van der Waals surface area contributed by atoms with Gasteiger partial charge in [-0.25, -0.2) is 0 Å². The third-order valence-electron chi connectivity index (χ3n) is 2.46. The first-order chi connectivity index (χ1) is 8.17. The van der Waals surface area contributed by atoms with Gasteiger partial charge >= 0.3 is 11.9 Å². The molecule has 0 amide bonds. The van der Waals surface area contributed by atoms with Crippen molar-refractivity contribution in [2.75, 3.05) is 14.2 Å². The van der Waals surface area contributed by atoms with Crippen molar-refractivity contribution >= 4 is 11.9 Å². The summed E-state index contributed by atoms with van der Waals surface area (Å²) in [4.78, 5) is 22.6. The van der Waals surface area contributed by atoms with Crippen LogP contribution in [0.1, 0.15) is 39.0 Å². The van der Waals surface area contributed by atoms with E-state index in [1.165, 1.54) is 33.5 Å². The molecule has 0 saturated carbocycles. The van der Waals surface area contributed by atoms with Gasteiger partial charge in [0.25, 0.3) is 0 Å². The molecule has 4 heteroatoms. The van der Waals surface area contributed by atoms with Crippen LogP contribution in [0.2, 0.25) is 0 Å². The Morgan fingerprint density at radius 3 is 2.12 bits per heavy atom. The highest BCUT2D eigenvalue weighted by molar-refractivity contribution is 5.96. The quantitative estimate of drug-likeness (QED) is 0.284. The van der Waals surface area contributed by atoms with Crippen molar-refractivity contribution in [1.82, 2.24) is 0 Å². The largest absolute Gasteiger partial charge is 0.468 e. The normalized spacial score (nSPS) is 10.8. The topological polar surface area (TPSA) is 52.6 Å². The maximum Gasteiger partial charge on any atom is 0.323 e. The lowest BCUT2D eigenvalue weighted by atomic mass is 10.1. The van der Waals surface area contributed by atoms with E-state index in [0.717, 1.165) is 12.8 Å². The van der Waals surface area contributed by atoms with Crippen LogP contribution in [-0.2, 0) is 19.1 Å². The molecule has 0 N–H and O–H groups in total. The molecule has 0 fully saturated rings. The third kappa shape index (κ3) is 6.76. The van der Waals surface area contributed by atoms with Crippen LogP contribution in [0.4, 0.5) is 0 Å². The Balaban J connectivity index is 4.10. The van der Waals surface area contributed by atoms with E-state index in [4.69, 9.17) is 0 Å². The molecule has 98 valence electrons. The molecule has 0 rings (SSSR count). The molecule has 0 aromatic carbocycles. The summed E-state index contributed by atoms with van der Waals surface area (Å²) < 4.78 is 9.08. The molecular formula is C13H22O4. The number of ether oxygens (including phenoxy) is 2. The molecule has 0 aliphatic rings. The highest BCUT2D eigenvalue weighted by Gasteiger charge is 2.25. The molecule has 0 spiro atoms. The van der Waals surface area contributed by atoms with E-state index in [1.807, 2.05) is 6.08 Å². The average molecular weight is 242 g/mol. The Kier molecular flexibility index (Phi) is 9.11. The lowest BCUT2D eigenvalue weighted by Crippen LogP contribution is -2.24. The van der Waals surface area contributed by atoms with Crippen LogP contribution in [-0.4, -0.2) is 26.2 Å². The molecule has 0 radical (unpaired) electrons. The van der Waals surface area contributed by atoms with Gasteiger partial charge in [0.15, 0.2) is 5.92 Å². The maximum atomic E-state index is 11.3. The van der Waals surface area contributed by atoms with E-state index in [9.17, 15) is 9.59 Å². The summed E-state index contributed by atoms with van der Waals surface area (Å²) in [6.45, 7) is 2.15. The summed E-state index contributed by atoms with van der Waals surface area (Å²) in [6.07, 6.45) is 8.91. The van der Waals surface area contributed by atoms with Gasteiger partial charge in [-0.05, 0) is 12.8 Å². The second-order valence-corrected chi connectivity index (χ2v) is 3.80. The van der Waals surface area contributed by atoms with Crippen molar-refractivity contribution in [2.45, 2.75) is 39.0 Å². The average Bonchev–Trinajstić information content (AvgIpc) is 2.36. The fourth-order valence-electron chi connectivity index (χ4n) is 1.43. The first-order valence-corrected chi connectivity index (χ1v) is 5.99. The van der Waals surface area contributed by atoms with E-state index in [2.05, 4.69) is 16.4 Å². The molecule has 4 nitrogen and oxygen atoms in total. The predicted molar refractivity (Wildman–Crippen MR) is 65.4 cm³/mol. The fourth-order valence-corrected chi connectivity index (χ4v) is 1.43. The Morgan fingerprint density at radius 1 is 1.06 bits per heavy atom. The smallest absolute Gasteiger partial charge is 0.323 e. The van der Waals surface area contributed by atoms with Gasteiger partial charge in [-0.1, -0.05) is 38.3 Å². The molecule has 0 atom stereocenters. The van der Waals surface area contributed by atoms with E-state index in [0.29, 0.717) is 0 Å². The van der Waals surface area contributed by atoms with Crippen LogP contribution in [0, 0.1) is 5.92 Å². The van der Waals surface area contributed by atoms with Gasteiger partial charge in [0.1, 0.15) is 0 Å². The molecule has 0 aromatic rings. The number of unbranched alkanes of at least 4 members (excludes halogenated alkanes) is 4. The molecule has 0 aliphatic carbocycles. The van der Waals surface area contributed by atoms with Gasteiger partial charge in [-0.15, -0.1) is 0 Å². The van der Waals surface area contributed by atoms with Gasteiger partial charge < -0.3 is 9.47 Å². The monoisotopic (exact) mass is 242 g/mol. The summed E-state index contributed by atoms with van der Waals surface area (Å²) in [6, 6.07) is 0. The number of allylic oxidation sites excluding steroid dienone is 1. The molecule has 0 saturated heterocycles. The fraction of sp³-hybridized carbons (Fsp3) is 0.692. The number of methoxy groups -OCH3 is 2. The minimum Gasteiger partial charge on any atom is -0.468 e. The minimum absolute atomic E-state index is 0.582. The predicted octanol–water partition coefficient (Wildman–Crippen LogP) is 2.48. The number of carbonyl (C=O) groups excluding carboxylic acids is 2.